The van der Waals surface area contributed by atoms with Crippen molar-refractivity contribution < 1.29 is 22.7 Å². The maximum atomic E-state index is 13.1. The number of nitrogens with zero attached hydrogens (tertiary/aromatic N) is 1. The van der Waals surface area contributed by atoms with Gasteiger partial charge in [-0.25, -0.2) is 8.42 Å². The van der Waals surface area contributed by atoms with Gasteiger partial charge in [-0.1, -0.05) is 42.5 Å². The van der Waals surface area contributed by atoms with E-state index in [0.717, 1.165) is 4.31 Å². The van der Waals surface area contributed by atoms with Crippen molar-refractivity contribution in [3.05, 3.63) is 84.9 Å². The Morgan fingerprint density at radius 1 is 0.857 bits per heavy atom. The molecule has 0 saturated heterocycles. The minimum absolute atomic E-state index is 0.0218. The second-order valence-corrected chi connectivity index (χ2v) is 7.57. The standard InChI is InChI=1S/C21H19NO5S/c1-26-18-11-8-12-19(15-18)27-16-21(23)22(17-9-4-2-5-10-17)28(24,25)20-13-6-3-7-14-20/h2-15H,16H2,1H3. The molecule has 0 spiro atoms. The van der Waals surface area contributed by atoms with Gasteiger partial charge in [-0.3, -0.25) is 4.79 Å². The van der Waals surface area contributed by atoms with E-state index in [-0.39, 0.29) is 10.6 Å². The highest BCUT2D eigenvalue weighted by molar-refractivity contribution is 7.93. The molecule has 0 aliphatic carbocycles. The summed E-state index contributed by atoms with van der Waals surface area (Å²) in [4.78, 5) is 12.9. The maximum Gasteiger partial charge on any atom is 0.278 e. The number of hydrogen-bond donors (Lipinski definition) is 0. The van der Waals surface area contributed by atoms with E-state index >= 15 is 0 Å². The van der Waals surface area contributed by atoms with Gasteiger partial charge >= 0.3 is 0 Å². The Kier molecular flexibility index (Phi) is 5.96. The molecule has 6 nitrogen and oxygen atoms in total. The van der Waals surface area contributed by atoms with Crippen LogP contribution in [0.25, 0.3) is 0 Å². The van der Waals surface area contributed by atoms with Gasteiger partial charge in [0, 0.05) is 6.07 Å². The number of sulfonamides is 1. The summed E-state index contributed by atoms with van der Waals surface area (Å²) in [6.45, 7) is -0.450. The van der Waals surface area contributed by atoms with Gasteiger partial charge in [0.15, 0.2) is 6.61 Å². The average molecular weight is 397 g/mol. The van der Waals surface area contributed by atoms with E-state index in [4.69, 9.17) is 9.47 Å². The Balaban J connectivity index is 1.90. The third-order valence-electron chi connectivity index (χ3n) is 3.90. The molecular formula is C21H19NO5S. The van der Waals surface area contributed by atoms with Crippen LogP contribution in [0.15, 0.2) is 89.8 Å². The molecule has 0 heterocycles. The molecule has 0 radical (unpaired) electrons. The molecule has 0 saturated carbocycles. The molecule has 28 heavy (non-hydrogen) atoms. The predicted octanol–water partition coefficient (Wildman–Crippen LogP) is 3.50. The Labute approximate surface area is 164 Å². The number of para-hydroxylation sites is 1. The summed E-state index contributed by atoms with van der Waals surface area (Å²) in [7, 11) is -2.57. The molecule has 0 aromatic heterocycles. The van der Waals surface area contributed by atoms with Crippen LogP contribution in [0.1, 0.15) is 0 Å². The van der Waals surface area contributed by atoms with Gasteiger partial charge in [0.2, 0.25) is 0 Å². The number of rotatable bonds is 7. The Morgan fingerprint density at radius 2 is 1.46 bits per heavy atom. The molecule has 0 aliphatic rings. The largest absolute Gasteiger partial charge is 0.497 e. The van der Waals surface area contributed by atoms with E-state index in [1.807, 2.05) is 0 Å². The lowest BCUT2D eigenvalue weighted by molar-refractivity contribution is -0.119. The van der Waals surface area contributed by atoms with Gasteiger partial charge < -0.3 is 9.47 Å². The minimum Gasteiger partial charge on any atom is -0.497 e. The van der Waals surface area contributed by atoms with Crippen molar-refractivity contribution in [3.8, 4) is 11.5 Å². The smallest absolute Gasteiger partial charge is 0.278 e. The van der Waals surface area contributed by atoms with Crippen LogP contribution in [0.4, 0.5) is 5.69 Å². The van der Waals surface area contributed by atoms with Crippen LogP contribution in [-0.2, 0) is 14.8 Å². The van der Waals surface area contributed by atoms with Gasteiger partial charge in [-0.15, -0.1) is 0 Å². The second kappa shape index (κ2) is 8.58. The van der Waals surface area contributed by atoms with Gasteiger partial charge in [-0.05, 0) is 36.4 Å². The van der Waals surface area contributed by atoms with Gasteiger partial charge in [0.25, 0.3) is 15.9 Å². The first-order chi connectivity index (χ1) is 13.5. The normalized spacial score (nSPS) is 10.9. The number of carbonyl (C=O) groups is 1. The van der Waals surface area contributed by atoms with Gasteiger partial charge in [0.1, 0.15) is 11.5 Å². The van der Waals surface area contributed by atoms with E-state index in [2.05, 4.69) is 0 Å². The Hall–Kier alpha value is -3.32. The number of benzene rings is 3. The number of ether oxygens (including phenoxy) is 2. The molecule has 0 bridgehead atoms. The fourth-order valence-electron chi connectivity index (χ4n) is 2.57. The van der Waals surface area contributed by atoms with Crippen molar-refractivity contribution in [3.63, 3.8) is 0 Å². The lowest BCUT2D eigenvalue weighted by Gasteiger charge is -2.22. The summed E-state index contributed by atoms with van der Waals surface area (Å²) >= 11 is 0. The number of amides is 1. The van der Waals surface area contributed by atoms with Crippen LogP contribution in [0.5, 0.6) is 11.5 Å². The van der Waals surface area contributed by atoms with E-state index in [1.165, 1.54) is 19.2 Å². The Bertz CT molecular complexity index is 1040. The zero-order valence-electron chi connectivity index (χ0n) is 15.2. The topological polar surface area (TPSA) is 72.9 Å². The quantitative estimate of drug-likeness (QED) is 0.610. The molecule has 3 aromatic rings. The maximum absolute atomic E-state index is 13.1. The predicted molar refractivity (Wildman–Crippen MR) is 106 cm³/mol. The fourth-order valence-corrected chi connectivity index (χ4v) is 4.00. The van der Waals surface area contributed by atoms with Crippen molar-refractivity contribution in [2.75, 3.05) is 18.0 Å². The Morgan fingerprint density at radius 3 is 2.11 bits per heavy atom. The third kappa shape index (κ3) is 4.32. The van der Waals surface area contributed by atoms with E-state index in [9.17, 15) is 13.2 Å². The van der Waals surface area contributed by atoms with Crippen LogP contribution in [-0.4, -0.2) is 28.0 Å². The van der Waals surface area contributed by atoms with Crippen LogP contribution in [0.3, 0.4) is 0 Å². The number of carbonyl (C=O) groups excluding carboxylic acids is 1. The zero-order valence-corrected chi connectivity index (χ0v) is 16.0. The monoisotopic (exact) mass is 397 g/mol. The molecule has 0 N–H and O–H groups in total. The molecule has 3 aromatic carbocycles. The van der Waals surface area contributed by atoms with E-state index in [0.29, 0.717) is 11.5 Å². The highest BCUT2D eigenvalue weighted by Gasteiger charge is 2.31. The average Bonchev–Trinajstić information content (AvgIpc) is 2.74. The van der Waals surface area contributed by atoms with Gasteiger partial charge in [0.05, 0.1) is 17.7 Å². The molecule has 3 rings (SSSR count). The number of anilines is 1. The molecule has 0 fully saturated rings. The van der Waals surface area contributed by atoms with Crippen molar-refractivity contribution in [2.45, 2.75) is 4.90 Å². The van der Waals surface area contributed by atoms with Crippen LogP contribution in [0.2, 0.25) is 0 Å². The highest BCUT2D eigenvalue weighted by atomic mass is 32.2. The molecule has 7 heteroatoms. The van der Waals surface area contributed by atoms with Crippen LogP contribution in [0, 0.1) is 0 Å². The van der Waals surface area contributed by atoms with Crippen LogP contribution < -0.4 is 13.8 Å². The summed E-state index contributed by atoms with van der Waals surface area (Å²) < 4.78 is 37.6. The highest BCUT2D eigenvalue weighted by Crippen LogP contribution is 2.24. The second-order valence-electron chi connectivity index (χ2n) is 5.78. The van der Waals surface area contributed by atoms with Crippen molar-refractivity contribution in [1.82, 2.24) is 0 Å². The molecule has 0 atom stereocenters. The molecule has 0 unspecified atom stereocenters. The fraction of sp³-hybridized carbons (Fsp3) is 0.0952. The van der Waals surface area contributed by atoms with Crippen molar-refractivity contribution in [1.29, 1.82) is 0 Å². The molecule has 0 aliphatic heterocycles. The SMILES string of the molecule is COc1cccc(OCC(=O)N(c2ccccc2)S(=O)(=O)c2ccccc2)c1. The van der Waals surface area contributed by atoms with Crippen molar-refractivity contribution >= 4 is 21.6 Å². The van der Waals surface area contributed by atoms with E-state index < -0.39 is 22.5 Å². The van der Waals surface area contributed by atoms with E-state index in [1.54, 1.807) is 72.8 Å². The third-order valence-corrected chi connectivity index (χ3v) is 5.67. The minimum atomic E-state index is -4.09. The summed E-state index contributed by atoms with van der Waals surface area (Å²) in [6, 6.07) is 22.7. The first kappa shape index (κ1) is 19.4. The summed E-state index contributed by atoms with van der Waals surface area (Å²) in [5, 5.41) is 0. The summed E-state index contributed by atoms with van der Waals surface area (Å²) in [6.07, 6.45) is 0. The molecular weight excluding hydrogens is 378 g/mol. The first-order valence-corrected chi connectivity index (χ1v) is 9.91. The zero-order chi connectivity index (χ0) is 20.0. The lowest BCUT2D eigenvalue weighted by Crippen LogP contribution is -2.40. The number of methoxy groups -OCH3 is 1. The summed E-state index contributed by atoms with van der Waals surface area (Å²) in [5.74, 6) is 0.262. The lowest BCUT2D eigenvalue weighted by atomic mass is 10.3. The molecule has 1 amide bonds. The summed E-state index contributed by atoms with van der Waals surface area (Å²) in [5.41, 5.74) is 0.241. The van der Waals surface area contributed by atoms with Crippen molar-refractivity contribution in [2.24, 2.45) is 0 Å². The van der Waals surface area contributed by atoms with Crippen LogP contribution >= 0.6 is 0 Å². The molecule has 144 valence electrons. The van der Waals surface area contributed by atoms with Gasteiger partial charge in [-0.2, -0.15) is 4.31 Å². The first-order valence-electron chi connectivity index (χ1n) is 8.47. The number of hydrogen-bond acceptors (Lipinski definition) is 5.